The molecule has 0 radical (unpaired) electrons. The van der Waals surface area contributed by atoms with Crippen molar-refractivity contribution in [3.8, 4) is 5.75 Å². The van der Waals surface area contributed by atoms with Crippen molar-refractivity contribution in [3.05, 3.63) is 29.8 Å². The maximum atomic E-state index is 10.6. The Morgan fingerprint density at radius 1 is 1.21 bits per heavy atom. The molecule has 0 fully saturated rings. The van der Waals surface area contributed by atoms with Crippen molar-refractivity contribution in [1.29, 1.82) is 0 Å². The highest BCUT2D eigenvalue weighted by Gasteiger charge is 2.02. The molecule has 0 saturated heterocycles. The van der Waals surface area contributed by atoms with Gasteiger partial charge in [-0.2, -0.15) is 0 Å². The molecule has 19 heavy (non-hydrogen) atoms. The van der Waals surface area contributed by atoms with Crippen molar-refractivity contribution >= 4 is 11.8 Å². The predicted molar refractivity (Wildman–Crippen MR) is 76.0 cm³/mol. The van der Waals surface area contributed by atoms with Crippen molar-refractivity contribution < 1.29 is 14.4 Å². The van der Waals surface area contributed by atoms with Gasteiger partial charge in [0.15, 0.2) is 5.84 Å². The van der Waals surface area contributed by atoms with Crippen LogP contribution in [0.4, 0.5) is 0 Å². The van der Waals surface area contributed by atoms with Gasteiger partial charge in [0.25, 0.3) is 0 Å². The molecule has 0 spiro atoms. The SMILES string of the molecule is CC.CC(=O)O/N=C(\N)c1ccc(OC(C)C)cc1. The van der Waals surface area contributed by atoms with Gasteiger partial charge in [0, 0.05) is 12.5 Å². The third-order valence-electron chi connectivity index (χ3n) is 1.79. The molecule has 1 rings (SSSR count). The number of nitrogens with two attached hydrogens (primary N) is 1. The number of rotatable bonds is 4. The summed E-state index contributed by atoms with van der Waals surface area (Å²) in [6.45, 7) is 9.16. The first kappa shape index (κ1) is 17.0. The quantitative estimate of drug-likeness (QED) is 0.393. The Morgan fingerprint density at radius 2 is 1.74 bits per heavy atom. The summed E-state index contributed by atoms with van der Waals surface area (Å²) in [6, 6.07) is 7.07. The lowest BCUT2D eigenvalue weighted by molar-refractivity contribution is -0.140. The number of carbonyl (C=O) groups is 1. The van der Waals surface area contributed by atoms with Crippen molar-refractivity contribution in [2.75, 3.05) is 0 Å². The fourth-order valence-corrected chi connectivity index (χ4v) is 1.14. The zero-order chi connectivity index (χ0) is 14.8. The van der Waals surface area contributed by atoms with Crippen LogP contribution in [0.15, 0.2) is 29.4 Å². The summed E-state index contributed by atoms with van der Waals surface area (Å²) in [4.78, 5) is 15.0. The molecular weight excluding hydrogens is 244 g/mol. The number of benzene rings is 1. The van der Waals surface area contributed by atoms with Crippen LogP contribution in [0.3, 0.4) is 0 Å². The molecule has 0 unspecified atom stereocenters. The minimum Gasteiger partial charge on any atom is -0.491 e. The third kappa shape index (κ3) is 7.08. The van der Waals surface area contributed by atoms with E-state index in [1.807, 2.05) is 27.7 Å². The van der Waals surface area contributed by atoms with Crippen molar-refractivity contribution in [1.82, 2.24) is 0 Å². The molecule has 0 bridgehead atoms. The third-order valence-corrected chi connectivity index (χ3v) is 1.79. The van der Waals surface area contributed by atoms with E-state index < -0.39 is 5.97 Å². The lowest BCUT2D eigenvalue weighted by Crippen LogP contribution is -2.14. The van der Waals surface area contributed by atoms with E-state index in [1.54, 1.807) is 24.3 Å². The zero-order valence-electron chi connectivity index (χ0n) is 12.1. The molecule has 106 valence electrons. The topological polar surface area (TPSA) is 73.9 Å². The Morgan fingerprint density at radius 3 is 2.16 bits per heavy atom. The molecule has 0 saturated carbocycles. The molecular formula is C14H22N2O3. The van der Waals surface area contributed by atoms with E-state index in [2.05, 4.69) is 9.99 Å². The lowest BCUT2D eigenvalue weighted by Gasteiger charge is -2.09. The Balaban J connectivity index is 0.00000154. The monoisotopic (exact) mass is 266 g/mol. The fraction of sp³-hybridized carbons (Fsp3) is 0.429. The summed E-state index contributed by atoms with van der Waals surface area (Å²) in [5, 5.41) is 3.49. The molecule has 0 aliphatic heterocycles. The number of amidine groups is 1. The number of nitrogens with zero attached hydrogens (tertiary/aromatic N) is 1. The van der Waals surface area contributed by atoms with Gasteiger partial charge in [0.1, 0.15) is 5.75 Å². The minimum absolute atomic E-state index is 0.118. The first-order valence-corrected chi connectivity index (χ1v) is 6.27. The van der Waals surface area contributed by atoms with Gasteiger partial charge in [-0.25, -0.2) is 4.79 Å². The number of carbonyl (C=O) groups excluding carboxylic acids is 1. The van der Waals surface area contributed by atoms with Gasteiger partial charge in [-0.1, -0.05) is 19.0 Å². The second-order valence-electron chi connectivity index (χ2n) is 3.75. The summed E-state index contributed by atoms with van der Waals surface area (Å²) in [7, 11) is 0. The molecule has 0 atom stereocenters. The summed E-state index contributed by atoms with van der Waals surface area (Å²) < 4.78 is 5.48. The number of oxime groups is 1. The normalized spacial score (nSPS) is 10.5. The van der Waals surface area contributed by atoms with Crippen LogP contribution in [0, 0.1) is 0 Å². The average molecular weight is 266 g/mol. The van der Waals surface area contributed by atoms with Crippen LogP contribution in [0.1, 0.15) is 40.2 Å². The second kappa shape index (κ2) is 8.97. The Labute approximate surface area is 114 Å². The van der Waals surface area contributed by atoms with E-state index in [1.165, 1.54) is 6.92 Å². The number of hydrogen-bond acceptors (Lipinski definition) is 4. The highest BCUT2D eigenvalue weighted by Crippen LogP contribution is 2.13. The maximum Gasteiger partial charge on any atom is 0.332 e. The first-order valence-electron chi connectivity index (χ1n) is 6.27. The summed E-state index contributed by atoms with van der Waals surface area (Å²) >= 11 is 0. The Kier molecular flexibility index (Phi) is 8.00. The smallest absolute Gasteiger partial charge is 0.332 e. The van der Waals surface area contributed by atoms with Crippen molar-refractivity contribution in [2.24, 2.45) is 10.9 Å². The van der Waals surface area contributed by atoms with E-state index in [-0.39, 0.29) is 11.9 Å². The van der Waals surface area contributed by atoms with Crippen LogP contribution in [-0.2, 0) is 9.63 Å². The van der Waals surface area contributed by atoms with Gasteiger partial charge < -0.3 is 15.3 Å². The van der Waals surface area contributed by atoms with Gasteiger partial charge in [-0.3, -0.25) is 0 Å². The highest BCUT2D eigenvalue weighted by atomic mass is 16.7. The van der Waals surface area contributed by atoms with Crippen molar-refractivity contribution in [2.45, 2.75) is 40.7 Å². The Hall–Kier alpha value is -2.04. The molecule has 2 N–H and O–H groups in total. The molecule has 0 amide bonds. The largest absolute Gasteiger partial charge is 0.491 e. The Bertz CT molecular complexity index is 411. The number of ether oxygens (including phenoxy) is 1. The van der Waals surface area contributed by atoms with Crippen LogP contribution in [-0.4, -0.2) is 17.9 Å². The van der Waals surface area contributed by atoms with Gasteiger partial charge in [0.05, 0.1) is 6.10 Å². The zero-order valence-corrected chi connectivity index (χ0v) is 12.1. The molecule has 1 aromatic carbocycles. The van der Waals surface area contributed by atoms with E-state index in [0.717, 1.165) is 5.75 Å². The molecule has 5 heteroatoms. The fourth-order valence-electron chi connectivity index (χ4n) is 1.14. The van der Waals surface area contributed by atoms with Crippen LogP contribution in [0.25, 0.3) is 0 Å². The summed E-state index contributed by atoms with van der Waals surface area (Å²) in [5.41, 5.74) is 6.30. The average Bonchev–Trinajstić information content (AvgIpc) is 2.38. The van der Waals surface area contributed by atoms with Crippen LogP contribution >= 0.6 is 0 Å². The first-order chi connectivity index (χ1) is 8.99. The lowest BCUT2D eigenvalue weighted by atomic mass is 10.2. The van der Waals surface area contributed by atoms with Crippen LogP contribution < -0.4 is 10.5 Å². The predicted octanol–water partition coefficient (Wildman–Crippen LogP) is 2.68. The molecule has 0 aliphatic carbocycles. The standard InChI is InChI=1S/C12H16N2O3.C2H6/c1-8(2)16-11-6-4-10(5-7-11)12(13)14-17-9(3)15;1-2/h4-8H,1-3H3,(H2,13,14);1-2H3. The van der Waals surface area contributed by atoms with Gasteiger partial charge in [0.2, 0.25) is 0 Å². The van der Waals surface area contributed by atoms with E-state index >= 15 is 0 Å². The van der Waals surface area contributed by atoms with Gasteiger partial charge in [-0.05, 0) is 38.1 Å². The second-order valence-corrected chi connectivity index (χ2v) is 3.75. The van der Waals surface area contributed by atoms with Crippen LogP contribution in [0.5, 0.6) is 5.75 Å². The van der Waals surface area contributed by atoms with Gasteiger partial charge >= 0.3 is 5.97 Å². The van der Waals surface area contributed by atoms with Gasteiger partial charge in [-0.15, -0.1) is 0 Å². The molecule has 0 aromatic heterocycles. The molecule has 0 heterocycles. The van der Waals surface area contributed by atoms with Crippen LogP contribution in [0.2, 0.25) is 0 Å². The minimum atomic E-state index is -0.507. The summed E-state index contributed by atoms with van der Waals surface area (Å²) in [6.07, 6.45) is 0.118. The molecule has 1 aromatic rings. The highest BCUT2D eigenvalue weighted by molar-refractivity contribution is 5.97. The molecule has 0 aliphatic rings. The van der Waals surface area contributed by atoms with E-state index in [0.29, 0.717) is 5.56 Å². The summed E-state index contributed by atoms with van der Waals surface area (Å²) in [5.74, 6) is 0.396. The van der Waals surface area contributed by atoms with Crippen molar-refractivity contribution in [3.63, 3.8) is 0 Å². The van der Waals surface area contributed by atoms with E-state index in [4.69, 9.17) is 10.5 Å². The maximum absolute atomic E-state index is 10.6. The van der Waals surface area contributed by atoms with E-state index in [9.17, 15) is 4.79 Å². The number of hydrogen-bond donors (Lipinski definition) is 1. The molecule has 5 nitrogen and oxygen atoms in total.